The van der Waals surface area contributed by atoms with Crippen molar-refractivity contribution in [3.63, 3.8) is 0 Å². The van der Waals surface area contributed by atoms with Crippen LogP contribution < -0.4 is 10.6 Å². The maximum absolute atomic E-state index is 13.3. The van der Waals surface area contributed by atoms with Gasteiger partial charge in [-0.15, -0.1) is 0 Å². The first kappa shape index (κ1) is 28.7. The highest BCUT2D eigenvalue weighted by Crippen LogP contribution is 2.31. The predicted molar refractivity (Wildman–Crippen MR) is 156 cm³/mol. The Kier molecular flexibility index (Phi) is 8.40. The van der Waals surface area contributed by atoms with Gasteiger partial charge < -0.3 is 10.1 Å². The molecule has 0 saturated carbocycles. The highest BCUT2D eigenvalue weighted by atomic mass is 32.2. The molecule has 1 amide bonds. The average Bonchev–Trinajstić information content (AvgIpc) is 3.34. The van der Waals surface area contributed by atoms with Crippen LogP contribution >= 0.6 is 11.3 Å². The van der Waals surface area contributed by atoms with E-state index in [1.165, 1.54) is 11.4 Å². The lowest BCUT2D eigenvalue weighted by molar-refractivity contribution is 0.184. The van der Waals surface area contributed by atoms with Crippen molar-refractivity contribution >= 4 is 49.3 Å². The van der Waals surface area contributed by atoms with Crippen molar-refractivity contribution in [1.82, 2.24) is 34.1 Å². The van der Waals surface area contributed by atoms with Gasteiger partial charge in [0.15, 0.2) is 9.34 Å². The number of aromatic nitrogens is 5. The molecule has 1 atom stereocenters. The second-order valence-electron chi connectivity index (χ2n) is 9.70. The van der Waals surface area contributed by atoms with Gasteiger partial charge in [0.05, 0.1) is 18.3 Å². The molecule has 3 aromatic heterocycles. The minimum Gasteiger partial charge on any atom is -0.453 e. The molecule has 1 unspecified atom stereocenters. The molecule has 216 valence electrons. The van der Waals surface area contributed by atoms with Gasteiger partial charge in [-0.05, 0) is 26.8 Å². The number of hydrogen-bond acceptors (Lipinski definition) is 12. The van der Waals surface area contributed by atoms with Gasteiger partial charge in [0.25, 0.3) is 10.0 Å². The highest BCUT2D eigenvalue weighted by Gasteiger charge is 2.32. The number of para-hydroxylation sites is 1. The minimum atomic E-state index is -3.74. The quantitative estimate of drug-likeness (QED) is 0.308. The summed E-state index contributed by atoms with van der Waals surface area (Å²) in [5.41, 5.74) is 2.97. The lowest BCUT2D eigenvalue weighted by atomic mass is 10.0. The lowest BCUT2D eigenvalue weighted by Gasteiger charge is -2.35. The Morgan fingerprint density at radius 1 is 1.10 bits per heavy atom. The van der Waals surface area contributed by atoms with Crippen molar-refractivity contribution in [2.45, 2.75) is 31.0 Å². The van der Waals surface area contributed by atoms with Gasteiger partial charge in [0.2, 0.25) is 0 Å². The largest absolute Gasteiger partial charge is 0.453 e. The number of methoxy groups -OCH3 is 1. The maximum Gasteiger partial charge on any atom is 0.413 e. The van der Waals surface area contributed by atoms with Crippen LogP contribution in [-0.4, -0.2) is 94.5 Å². The highest BCUT2D eigenvalue weighted by molar-refractivity contribution is 7.91. The number of sulfonamides is 1. The van der Waals surface area contributed by atoms with Crippen LogP contribution in [0.4, 0.5) is 15.7 Å². The second-order valence-corrected chi connectivity index (χ2v) is 12.8. The van der Waals surface area contributed by atoms with Gasteiger partial charge in [-0.1, -0.05) is 23.5 Å². The van der Waals surface area contributed by atoms with Gasteiger partial charge in [0.1, 0.15) is 18.0 Å². The summed E-state index contributed by atoms with van der Waals surface area (Å²) in [4.78, 5) is 35.6. The van der Waals surface area contributed by atoms with E-state index in [-0.39, 0.29) is 15.4 Å². The number of piperazine rings is 1. The Bertz CT molecular complexity index is 1650. The smallest absolute Gasteiger partial charge is 0.413 e. The third kappa shape index (κ3) is 6.27. The van der Waals surface area contributed by atoms with Crippen molar-refractivity contribution in [2.75, 3.05) is 50.5 Å². The standard InChI is InChI=1S/C26H31N9O4S2/c1-16(31-23-21-7-5-6-20(22(21)29-15-30-23)19-12-27-18(3)28-13-19)14-34-8-10-35(11-9-34)41(37,38)24-17(2)32-25(40-24)33-26(36)39-4/h5-7,12-13,15-16H,8-11,14H2,1-4H3,(H,29,30,31)(H,32,33,36). The topological polar surface area (TPSA) is 155 Å². The zero-order valence-corrected chi connectivity index (χ0v) is 24.8. The summed E-state index contributed by atoms with van der Waals surface area (Å²) in [7, 11) is -2.51. The summed E-state index contributed by atoms with van der Waals surface area (Å²) in [5.74, 6) is 1.44. The van der Waals surface area contributed by atoms with Crippen LogP contribution in [0.15, 0.2) is 41.1 Å². The first-order valence-corrected chi connectivity index (χ1v) is 15.3. The molecule has 2 N–H and O–H groups in total. The van der Waals surface area contributed by atoms with E-state index < -0.39 is 16.1 Å². The number of rotatable bonds is 8. The van der Waals surface area contributed by atoms with Crippen LogP contribution in [0.25, 0.3) is 22.0 Å². The zero-order valence-electron chi connectivity index (χ0n) is 23.2. The van der Waals surface area contributed by atoms with Crippen molar-refractivity contribution in [2.24, 2.45) is 0 Å². The molecule has 41 heavy (non-hydrogen) atoms. The molecular formula is C26H31N9O4S2. The van der Waals surface area contributed by atoms with Gasteiger partial charge in [-0.2, -0.15) is 4.31 Å². The monoisotopic (exact) mass is 597 g/mol. The van der Waals surface area contributed by atoms with Crippen LogP contribution in [0.2, 0.25) is 0 Å². The number of fused-ring (bicyclic) bond motifs is 1. The maximum atomic E-state index is 13.3. The Balaban J connectivity index is 1.22. The third-order valence-corrected chi connectivity index (χ3v) is 10.3. The Morgan fingerprint density at radius 2 is 1.83 bits per heavy atom. The molecule has 15 heteroatoms. The fourth-order valence-electron chi connectivity index (χ4n) is 4.72. The van der Waals surface area contributed by atoms with Gasteiger partial charge >= 0.3 is 6.09 Å². The van der Waals surface area contributed by atoms with E-state index in [0.29, 0.717) is 44.2 Å². The SMILES string of the molecule is COC(=O)Nc1nc(C)c(S(=O)(=O)N2CCN(CC(C)Nc3ncnc4c(-c5cnc(C)nc5)cccc34)CC2)s1. The summed E-state index contributed by atoms with van der Waals surface area (Å²) >= 11 is 0.922. The summed E-state index contributed by atoms with van der Waals surface area (Å²) in [6.45, 7) is 8.11. The molecule has 0 bridgehead atoms. The molecule has 13 nitrogen and oxygen atoms in total. The molecule has 1 fully saturated rings. The van der Waals surface area contributed by atoms with Crippen LogP contribution in [0.5, 0.6) is 0 Å². The van der Waals surface area contributed by atoms with Crippen molar-refractivity contribution in [3.05, 3.63) is 48.4 Å². The van der Waals surface area contributed by atoms with E-state index in [2.05, 4.69) is 52.1 Å². The molecule has 0 spiro atoms. The Morgan fingerprint density at radius 3 is 2.54 bits per heavy atom. The van der Waals surface area contributed by atoms with Crippen LogP contribution in [0.3, 0.4) is 0 Å². The normalized spacial score (nSPS) is 15.5. The van der Waals surface area contributed by atoms with E-state index in [0.717, 1.165) is 39.2 Å². The van der Waals surface area contributed by atoms with E-state index in [1.807, 2.05) is 25.1 Å². The van der Waals surface area contributed by atoms with E-state index >= 15 is 0 Å². The van der Waals surface area contributed by atoms with Crippen LogP contribution in [-0.2, 0) is 14.8 Å². The average molecular weight is 598 g/mol. The zero-order chi connectivity index (χ0) is 29.1. The van der Waals surface area contributed by atoms with E-state index in [4.69, 9.17) is 0 Å². The Hall–Kier alpha value is -3.79. The number of hydrogen-bond donors (Lipinski definition) is 2. The number of thiazole rings is 1. The number of ether oxygens (including phenoxy) is 1. The number of carbonyl (C=O) groups excluding carboxylic acids is 1. The van der Waals surface area contributed by atoms with Gasteiger partial charge in [-0.3, -0.25) is 10.2 Å². The van der Waals surface area contributed by atoms with Crippen LogP contribution in [0.1, 0.15) is 18.4 Å². The molecule has 1 aliphatic heterocycles. The number of benzene rings is 1. The summed E-state index contributed by atoms with van der Waals surface area (Å²) < 4.78 is 32.8. The molecule has 1 aromatic carbocycles. The number of amides is 1. The van der Waals surface area contributed by atoms with E-state index in [9.17, 15) is 13.2 Å². The fourth-order valence-corrected chi connectivity index (χ4v) is 7.67. The number of aryl methyl sites for hydroxylation is 2. The van der Waals surface area contributed by atoms with Gasteiger partial charge in [0, 0.05) is 67.7 Å². The molecule has 1 aliphatic rings. The Labute approximate surface area is 242 Å². The predicted octanol–water partition coefficient (Wildman–Crippen LogP) is 3.15. The number of nitrogens with zero attached hydrogens (tertiary/aromatic N) is 7. The van der Waals surface area contributed by atoms with E-state index in [1.54, 1.807) is 25.6 Å². The molecule has 5 rings (SSSR count). The summed E-state index contributed by atoms with van der Waals surface area (Å²) in [6, 6.07) is 5.99. The van der Waals surface area contributed by atoms with Crippen molar-refractivity contribution < 1.29 is 17.9 Å². The lowest BCUT2D eigenvalue weighted by Crippen LogP contribution is -2.50. The summed E-state index contributed by atoms with van der Waals surface area (Å²) in [6.07, 6.45) is 4.44. The first-order valence-electron chi connectivity index (χ1n) is 13.0. The molecular weight excluding hydrogens is 566 g/mol. The minimum absolute atomic E-state index is 0.0401. The second kappa shape index (κ2) is 12.0. The molecule has 0 radical (unpaired) electrons. The third-order valence-electron chi connectivity index (χ3n) is 6.73. The fraction of sp³-hybridized carbons (Fsp3) is 0.385. The summed E-state index contributed by atoms with van der Waals surface area (Å²) in [5, 5.41) is 7.03. The number of nitrogens with one attached hydrogen (secondary N) is 2. The molecule has 4 heterocycles. The first-order chi connectivity index (χ1) is 19.7. The number of anilines is 2. The molecule has 4 aromatic rings. The van der Waals surface area contributed by atoms with Gasteiger partial charge in [-0.25, -0.2) is 38.1 Å². The number of carbonyl (C=O) groups is 1. The molecule has 0 aliphatic carbocycles. The molecule has 1 saturated heterocycles. The van der Waals surface area contributed by atoms with Crippen molar-refractivity contribution in [3.8, 4) is 11.1 Å². The van der Waals surface area contributed by atoms with Crippen molar-refractivity contribution in [1.29, 1.82) is 0 Å². The van der Waals surface area contributed by atoms with Crippen LogP contribution in [0, 0.1) is 13.8 Å².